The van der Waals surface area contributed by atoms with Crippen LogP contribution in [0.5, 0.6) is 0 Å². The molecule has 1 atom stereocenters. The first-order valence-electron chi connectivity index (χ1n) is 6.62. The third kappa shape index (κ3) is 2.34. The van der Waals surface area contributed by atoms with E-state index in [0.717, 1.165) is 16.5 Å². The van der Waals surface area contributed by atoms with Crippen LogP contribution < -0.4 is 4.90 Å². The number of carboxylic acids is 1. The van der Waals surface area contributed by atoms with E-state index in [1.807, 2.05) is 18.2 Å². The molecule has 1 fully saturated rings. The van der Waals surface area contributed by atoms with E-state index in [-0.39, 0.29) is 17.4 Å². The Morgan fingerprint density at radius 3 is 2.62 bits per heavy atom. The van der Waals surface area contributed by atoms with Gasteiger partial charge in [-0.25, -0.2) is 4.79 Å². The average molecular weight is 279 g/mol. The highest BCUT2D eigenvalue weighted by molar-refractivity contribution is 6.00. The van der Waals surface area contributed by atoms with Crippen molar-refractivity contribution in [3.05, 3.63) is 42.0 Å². The quantitative estimate of drug-likeness (QED) is 0.859. The predicted molar refractivity (Wildman–Crippen MR) is 80.2 cm³/mol. The second-order valence-corrected chi connectivity index (χ2v) is 5.12. The van der Waals surface area contributed by atoms with Crippen LogP contribution in [0, 0.1) is 18.3 Å². The number of hydrogen-bond acceptors (Lipinski definition) is 2. The van der Waals surface area contributed by atoms with Crippen LogP contribution in [0.4, 0.5) is 5.69 Å². The van der Waals surface area contributed by atoms with Crippen LogP contribution >= 0.6 is 0 Å². The van der Waals surface area contributed by atoms with Gasteiger partial charge in [0.25, 0.3) is 0 Å². The Labute approximate surface area is 122 Å². The van der Waals surface area contributed by atoms with Gasteiger partial charge in [0.05, 0.1) is 5.56 Å². The van der Waals surface area contributed by atoms with Crippen molar-refractivity contribution in [1.29, 1.82) is 0 Å². The molecule has 1 aliphatic heterocycles. The van der Waals surface area contributed by atoms with E-state index >= 15 is 0 Å². The molecule has 2 aromatic rings. The lowest BCUT2D eigenvalue weighted by molar-refractivity contribution is -0.117. The van der Waals surface area contributed by atoms with Crippen LogP contribution in [0.25, 0.3) is 10.8 Å². The lowest BCUT2D eigenvalue weighted by Gasteiger charge is -2.16. The zero-order valence-corrected chi connectivity index (χ0v) is 11.2. The Morgan fingerprint density at radius 1 is 1.24 bits per heavy atom. The monoisotopic (exact) mass is 279 g/mol. The van der Waals surface area contributed by atoms with Gasteiger partial charge in [0.1, 0.15) is 0 Å². The predicted octanol–water partition coefficient (Wildman–Crippen LogP) is 2.52. The maximum absolute atomic E-state index is 12.0. The van der Waals surface area contributed by atoms with Crippen LogP contribution in [0.3, 0.4) is 0 Å². The van der Waals surface area contributed by atoms with Crippen LogP contribution in [0.2, 0.25) is 0 Å². The number of carboxylic acid groups (broad SMARTS) is 1. The van der Waals surface area contributed by atoms with E-state index < -0.39 is 5.97 Å². The first-order chi connectivity index (χ1) is 10.1. The zero-order chi connectivity index (χ0) is 15.0. The van der Waals surface area contributed by atoms with E-state index in [0.29, 0.717) is 13.0 Å². The molecule has 21 heavy (non-hydrogen) atoms. The molecular formula is C17H13NO3. The van der Waals surface area contributed by atoms with Gasteiger partial charge in [-0.2, -0.15) is 0 Å². The van der Waals surface area contributed by atoms with Gasteiger partial charge in [-0.15, -0.1) is 12.3 Å². The average Bonchev–Trinajstić information content (AvgIpc) is 2.87. The summed E-state index contributed by atoms with van der Waals surface area (Å²) in [5.74, 6) is 1.66. The summed E-state index contributed by atoms with van der Waals surface area (Å²) in [5, 5.41) is 10.7. The van der Waals surface area contributed by atoms with Gasteiger partial charge in [0, 0.05) is 24.6 Å². The number of amides is 1. The maximum atomic E-state index is 12.0. The first kappa shape index (κ1) is 13.2. The molecular weight excluding hydrogens is 266 g/mol. The van der Waals surface area contributed by atoms with E-state index in [2.05, 4.69) is 5.92 Å². The Bertz CT molecular complexity index is 788. The molecule has 2 aromatic carbocycles. The second kappa shape index (κ2) is 4.95. The summed E-state index contributed by atoms with van der Waals surface area (Å²) in [6.07, 6.45) is 5.77. The highest BCUT2D eigenvalue weighted by Gasteiger charge is 2.29. The van der Waals surface area contributed by atoms with Crippen molar-refractivity contribution in [3.8, 4) is 12.3 Å². The van der Waals surface area contributed by atoms with Crippen molar-refractivity contribution in [2.75, 3.05) is 11.4 Å². The van der Waals surface area contributed by atoms with Gasteiger partial charge < -0.3 is 10.0 Å². The number of hydrogen-bond donors (Lipinski definition) is 1. The molecule has 0 saturated carbocycles. The number of anilines is 1. The van der Waals surface area contributed by atoms with Crippen LogP contribution in [0.15, 0.2) is 36.4 Å². The molecule has 1 amide bonds. The largest absolute Gasteiger partial charge is 0.478 e. The van der Waals surface area contributed by atoms with Gasteiger partial charge in [-0.3, -0.25) is 4.79 Å². The van der Waals surface area contributed by atoms with E-state index in [1.165, 1.54) is 0 Å². The van der Waals surface area contributed by atoms with Crippen LogP contribution in [-0.4, -0.2) is 23.5 Å². The zero-order valence-electron chi connectivity index (χ0n) is 11.2. The highest BCUT2D eigenvalue weighted by atomic mass is 16.4. The lowest BCUT2D eigenvalue weighted by Crippen LogP contribution is -2.24. The van der Waals surface area contributed by atoms with Gasteiger partial charge in [-0.05, 0) is 35.0 Å². The molecule has 3 rings (SSSR count). The molecule has 4 nitrogen and oxygen atoms in total. The summed E-state index contributed by atoms with van der Waals surface area (Å²) in [6, 6.07) is 10.5. The summed E-state index contributed by atoms with van der Waals surface area (Å²) < 4.78 is 0. The van der Waals surface area contributed by atoms with E-state index in [9.17, 15) is 9.59 Å². The standard InChI is InChI=1S/C17H13NO3/c1-2-11-7-16(19)18(10-11)15-6-5-12-8-14(17(20)21)4-3-13(12)9-15/h1,3-6,8-9,11H,7,10H2,(H,20,21). The van der Waals surface area contributed by atoms with Crippen LogP contribution in [0.1, 0.15) is 16.8 Å². The third-order valence-electron chi connectivity index (χ3n) is 3.74. The minimum absolute atomic E-state index is 0.0273. The van der Waals surface area contributed by atoms with Crippen molar-refractivity contribution in [3.63, 3.8) is 0 Å². The molecule has 0 aromatic heterocycles. The van der Waals surface area contributed by atoms with Gasteiger partial charge >= 0.3 is 5.97 Å². The molecule has 1 N–H and O–H groups in total. The fraction of sp³-hybridized carbons (Fsp3) is 0.176. The number of terminal acetylenes is 1. The number of carbonyl (C=O) groups excluding carboxylic acids is 1. The molecule has 1 heterocycles. The number of carbonyl (C=O) groups is 2. The fourth-order valence-electron chi connectivity index (χ4n) is 2.60. The molecule has 1 saturated heterocycles. The lowest BCUT2D eigenvalue weighted by atomic mass is 10.1. The fourth-order valence-corrected chi connectivity index (χ4v) is 2.60. The Hall–Kier alpha value is -2.80. The summed E-state index contributed by atoms with van der Waals surface area (Å²) in [4.78, 5) is 24.6. The summed E-state index contributed by atoms with van der Waals surface area (Å²) >= 11 is 0. The molecule has 1 aliphatic rings. The molecule has 1 unspecified atom stereocenters. The van der Waals surface area contributed by atoms with E-state index in [4.69, 9.17) is 11.5 Å². The molecule has 0 bridgehead atoms. The maximum Gasteiger partial charge on any atom is 0.335 e. The molecule has 104 valence electrons. The van der Waals surface area contributed by atoms with Gasteiger partial charge in [0.2, 0.25) is 5.91 Å². The van der Waals surface area contributed by atoms with E-state index in [1.54, 1.807) is 23.1 Å². The Kier molecular flexibility index (Phi) is 3.11. The third-order valence-corrected chi connectivity index (χ3v) is 3.74. The molecule has 0 aliphatic carbocycles. The topological polar surface area (TPSA) is 57.6 Å². The van der Waals surface area contributed by atoms with Crippen molar-refractivity contribution < 1.29 is 14.7 Å². The number of fused-ring (bicyclic) bond motifs is 1. The molecule has 0 spiro atoms. The first-order valence-corrected chi connectivity index (χ1v) is 6.62. The van der Waals surface area contributed by atoms with Crippen LogP contribution in [-0.2, 0) is 4.79 Å². The number of aromatic carboxylic acids is 1. The van der Waals surface area contributed by atoms with Crippen molar-refractivity contribution >= 4 is 28.3 Å². The van der Waals surface area contributed by atoms with Crippen molar-refractivity contribution in [2.45, 2.75) is 6.42 Å². The SMILES string of the molecule is C#CC1CC(=O)N(c2ccc3cc(C(=O)O)ccc3c2)C1. The number of nitrogens with zero attached hydrogens (tertiary/aromatic N) is 1. The summed E-state index contributed by atoms with van der Waals surface area (Å²) in [7, 11) is 0. The van der Waals surface area contributed by atoms with Crippen molar-refractivity contribution in [1.82, 2.24) is 0 Å². The second-order valence-electron chi connectivity index (χ2n) is 5.12. The normalized spacial score (nSPS) is 18.0. The minimum atomic E-state index is -0.951. The minimum Gasteiger partial charge on any atom is -0.478 e. The summed E-state index contributed by atoms with van der Waals surface area (Å²) in [6.45, 7) is 0.536. The Morgan fingerprint density at radius 2 is 1.95 bits per heavy atom. The highest BCUT2D eigenvalue weighted by Crippen LogP contribution is 2.28. The number of benzene rings is 2. The van der Waals surface area contributed by atoms with Crippen molar-refractivity contribution in [2.24, 2.45) is 5.92 Å². The molecule has 0 radical (unpaired) electrons. The number of rotatable bonds is 2. The smallest absolute Gasteiger partial charge is 0.335 e. The summed E-state index contributed by atoms with van der Waals surface area (Å²) in [5.41, 5.74) is 1.05. The van der Waals surface area contributed by atoms with Gasteiger partial charge in [-0.1, -0.05) is 12.1 Å². The van der Waals surface area contributed by atoms with Gasteiger partial charge in [0.15, 0.2) is 0 Å². The molecule has 4 heteroatoms. The Balaban J connectivity index is 1.99.